The van der Waals surface area contributed by atoms with Crippen LogP contribution >= 0.6 is 0 Å². The fourth-order valence-corrected chi connectivity index (χ4v) is 4.66. The standard InChI is InChI=1S/C17H20N2O3Se/c1-12-10-18-17(19-16(12)20-2)21-11-13-8-9-15(22-13)23-14-6-4-3-5-7-14/h3-7,10,13,15H,8-9,11H2,1-2H3/t13-,15+/m0/s1. The molecule has 23 heavy (non-hydrogen) atoms. The van der Waals surface area contributed by atoms with Gasteiger partial charge < -0.3 is 0 Å². The van der Waals surface area contributed by atoms with E-state index < -0.39 is 0 Å². The Morgan fingerprint density at radius 2 is 2.09 bits per heavy atom. The van der Waals surface area contributed by atoms with Gasteiger partial charge >= 0.3 is 142 Å². The van der Waals surface area contributed by atoms with Crippen LogP contribution in [0.25, 0.3) is 0 Å². The van der Waals surface area contributed by atoms with Crippen LogP contribution in [0.15, 0.2) is 36.5 Å². The van der Waals surface area contributed by atoms with Gasteiger partial charge in [0.05, 0.1) is 0 Å². The first-order valence-electron chi connectivity index (χ1n) is 7.62. The average molecular weight is 379 g/mol. The van der Waals surface area contributed by atoms with Crippen LogP contribution in [0.5, 0.6) is 11.9 Å². The number of aromatic nitrogens is 2. The van der Waals surface area contributed by atoms with E-state index in [1.54, 1.807) is 13.3 Å². The molecule has 5 nitrogen and oxygen atoms in total. The third-order valence-electron chi connectivity index (χ3n) is 3.57. The molecule has 0 spiro atoms. The summed E-state index contributed by atoms with van der Waals surface area (Å²) in [6, 6.07) is 10.9. The zero-order valence-electron chi connectivity index (χ0n) is 13.3. The van der Waals surface area contributed by atoms with Gasteiger partial charge in [-0.2, -0.15) is 0 Å². The number of hydrogen-bond donors (Lipinski definition) is 0. The fraction of sp³-hybridized carbons (Fsp3) is 0.412. The molecule has 1 fully saturated rings. The van der Waals surface area contributed by atoms with Crippen LogP contribution in [0.4, 0.5) is 0 Å². The van der Waals surface area contributed by atoms with Crippen molar-refractivity contribution in [1.29, 1.82) is 0 Å². The molecule has 122 valence electrons. The Hall–Kier alpha value is -1.62. The van der Waals surface area contributed by atoms with E-state index in [-0.39, 0.29) is 6.10 Å². The molecular formula is C17H20N2O3Se. The van der Waals surface area contributed by atoms with Crippen LogP contribution < -0.4 is 13.9 Å². The maximum atomic E-state index is 6.08. The van der Waals surface area contributed by atoms with Crippen molar-refractivity contribution in [3.63, 3.8) is 0 Å². The minimum absolute atomic E-state index is 0.112. The Labute approximate surface area is 142 Å². The van der Waals surface area contributed by atoms with Gasteiger partial charge in [-0.15, -0.1) is 0 Å². The summed E-state index contributed by atoms with van der Waals surface area (Å²) in [6.07, 6.45) is 3.92. The SMILES string of the molecule is COc1nc(OC[C@@H]2CC[C@@H]([Se]c3ccccc3)O2)ncc1C. The van der Waals surface area contributed by atoms with E-state index in [1.807, 2.05) is 13.0 Å². The molecule has 3 rings (SSSR count). The molecule has 1 aromatic heterocycles. The van der Waals surface area contributed by atoms with E-state index in [9.17, 15) is 0 Å². The summed E-state index contributed by atoms with van der Waals surface area (Å²) in [5.74, 6) is 0.549. The van der Waals surface area contributed by atoms with Crippen molar-refractivity contribution < 1.29 is 14.2 Å². The molecule has 1 saturated heterocycles. The molecule has 2 atom stereocenters. The Kier molecular flexibility index (Phi) is 5.49. The second kappa shape index (κ2) is 7.77. The molecule has 2 aromatic rings. The summed E-state index contributed by atoms with van der Waals surface area (Å²) in [5, 5.41) is 0.326. The van der Waals surface area contributed by atoms with Gasteiger partial charge in [-0.05, 0) is 0 Å². The van der Waals surface area contributed by atoms with Gasteiger partial charge in [0.2, 0.25) is 0 Å². The van der Waals surface area contributed by atoms with E-state index in [0.29, 0.717) is 38.5 Å². The van der Waals surface area contributed by atoms with Crippen LogP contribution in [-0.4, -0.2) is 49.7 Å². The minimum atomic E-state index is 0.112. The van der Waals surface area contributed by atoms with E-state index in [0.717, 1.165) is 18.4 Å². The van der Waals surface area contributed by atoms with Crippen LogP contribution in [-0.2, 0) is 4.74 Å². The van der Waals surface area contributed by atoms with Gasteiger partial charge in [-0.25, -0.2) is 0 Å². The van der Waals surface area contributed by atoms with Gasteiger partial charge in [0.15, 0.2) is 0 Å². The van der Waals surface area contributed by atoms with Crippen molar-refractivity contribution in [1.82, 2.24) is 9.97 Å². The van der Waals surface area contributed by atoms with Crippen LogP contribution in [0.2, 0.25) is 0 Å². The van der Waals surface area contributed by atoms with E-state index in [2.05, 4.69) is 34.2 Å². The van der Waals surface area contributed by atoms with Crippen LogP contribution in [0, 0.1) is 6.92 Å². The predicted molar refractivity (Wildman–Crippen MR) is 88.5 cm³/mol. The van der Waals surface area contributed by atoms with E-state index >= 15 is 0 Å². The molecule has 2 heterocycles. The molecule has 0 bridgehead atoms. The summed E-state index contributed by atoms with van der Waals surface area (Å²) < 4.78 is 18.3. The van der Waals surface area contributed by atoms with Crippen molar-refractivity contribution in [3.05, 3.63) is 42.1 Å². The van der Waals surface area contributed by atoms with Gasteiger partial charge in [0.1, 0.15) is 0 Å². The first-order chi connectivity index (χ1) is 11.2. The second-order valence-corrected chi connectivity index (χ2v) is 7.94. The zero-order valence-corrected chi connectivity index (χ0v) is 15.0. The number of nitrogens with zero attached hydrogens (tertiary/aromatic N) is 2. The van der Waals surface area contributed by atoms with Gasteiger partial charge in [-0.1, -0.05) is 0 Å². The molecule has 1 aliphatic rings. The van der Waals surface area contributed by atoms with Crippen LogP contribution in [0.3, 0.4) is 0 Å². The Morgan fingerprint density at radius 1 is 1.26 bits per heavy atom. The topological polar surface area (TPSA) is 53.5 Å². The molecule has 1 aliphatic heterocycles. The number of rotatable bonds is 6. The first kappa shape index (κ1) is 16.2. The molecule has 0 amide bonds. The summed E-state index contributed by atoms with van der Waals surface area (Å²) >= 11 is 0.347. The number of benzene rings is 1. The Balaban J connectivity index is 1.48. The van der Waals surface area contributed by atoms with Gasteiger partial charge in [0, 0.05) is 0 Å². The second-order valence-electron chi connectivity index (χ2n) is 5.35. The molecule has 1 aromatic carbocycles. The van der Waals surface area contributed by atoms with Crippen molar-refractivity contribution in [3.8, 4) is 11.9 Å². The van der Waals surface area contributed by atoms with Crippen molar-refractivity contribution in [2.24, 2.45) is 0 Å². The van der Waals surface area contributed by atoms with E-state index in [1.165, 1.54) is 4.46 Å². The average Bonchev–Trinajstić information content (AvgIpc) is 3.02. The first-order valence-corrected chi connectivity index (χ1v) is 9.47. The number of ether oxygens (including phenoxy) is 3. The summed E-state index contributed by atoms with van der Waals surface area (Å²) in [5.41, 5.74) is 0.891. The maximum absolute atomic E-state index is 6.08. The van der Waals surface area contributed by atoms with Crippen LogP contribution in [0.1, 0.15) is 18.4 Å². The molecule has 0 radical (unpaired) electrons. The third-order valence-corrected chi connectivity index (χ3v) is 6.00. The van der Waals surface area contributed by atoms with Crippen molar-refractivity contribution >= 4 is 19.4 Å². The number of methoxy groups -OCH3 is 1. The third kappa shape index (κ3) is 4.44. The van der Waals surface area contributed by atoms with Crippen molar-refractivity contribution in [2.45, 2.75) is 30.9 Å². The fourth-order valence-electron chi connectivity index (χ4n) is 2.39. The number of hydrogen-bond acceptors (Lipinski definition) is 5. The predicted octanol–water partition coefficient (Wildman–Crippen LogP) is 1.71. The van der Waals surface area contributed by atoms with Crippen molar-refractivity contribution in [2.75, 3.05) is 13.7 Å². The molecule has 0 aliphatic carbocycles. The molecule has 6 heteroatoms. The van der Waals surface area contributed by atoms with Gasteiger partial charge in [-0.3, -0.25) is 0 Å². The summed E-state index contributed by atoms with van der Waals surface area (Å²) in [7, 11) is 1.59. The molecule has 0 saturated carbocycles. The number of aryl methyl sites for hydroxylation is 1. The quantitative estimate of drug-likeness (QED) is 0.716. The van der Waals surface area contributed by atoms with E-state index in [4.69, 9.17) is 14.2 Å². The normalized spacial score (nSPS) is 20.4. The Morgan fingerprint density at radius 3 is 2.87 bits per heavy atom. The molecule has 0 unspecified atom stereocenters. The Bertz CT molecular complexity index is 639. The zero-order chi connectivity index (χ0) is 16.1. The molecule has 0 N–H and O–H groups in total. The summed E-state index contributed by atoms with van der Waals surface area (Å²) in [4.78, 5) is 8.40. The molecular weight excluding hydrogens is 359 g/mol. The van der Waals surface area contributed by atoms with Gasteiger partial charge in [0.25, 0.3) is 0 Å². The summed E-state index contributed by atoms with van der Waals surface area (Å²) in [6.45, 7) is 2.38. The monoisotopic (exact) mass is 380 g/mol.